The fraction of sp³-hybridized carbons (Fsp3) is 0.190. The highest BCUT2D eigenvalue weighted by molar-refractivity contribution is 7.18. The third kappa shape index (κ3) is 5.33. The van der Waals surface area contributed by atoms with Gasteiger partial charge in [0.2, 0.25) is 5.96 Å². The molecule has 0 radical (unpaired) electrons. The molecule has 0 atom stereocenters. The molecule has 0 aliphatic rings. The highest BCUT2D eigenvalue weighted by atomic mass is 32.1. The third-order valence-corrected chi connectivity index (χ3v) is 5.30. The molecule has 2 aromatic carbocycles. The molecule has 0 bridgehead atoms. The third-order valence-electron chi connectivity index (χ3n) is 4.37. The Morgan fingerprint density at radius 3 is 2.59 bits per heavy atom. The van der Waals surface area contributed by atoms with Crippen LogP contribution in [0.15, 0.2) is 41.3 Å². The number of halogens is 4. The summed E-state index contributed by atoms with van der Waals surface area (Å²) in [6, 6.07) is 5.20. The quantitative estimate of drug-likeness (QED) is 0.139. The lowest BCUT2D eigenvalue weighted by molar-refractivity contribution is 0.439. The number of hydrogen-bond acceptors (Lipinski definition) is 5. The van der Waals surface area contributed by atoms with Gasteiger partial charge in [0.25, 0.3) is 0 Å². The molecule has 1 aromatic heterocycles. The Balaban J connectivity index is 2.00. The van der Waals surface area contributed by atoms with Crippen molar-refractivity contribution < 1.29 is 17.6 Å². The molecule has 3 aromatic rings. The van der Waals surface area contributed by atoms with Crippen LogP contribution in [0.4, 0.5) is 23.2 Å². The number of aliphatic imine (C=N–C) groups is 1. The predicted molar refractivity (Wildman–Crippen MR) is 115 cm³/mol. The monoisotopic (exact) mass is 462 g/mol. The molecule has 0 amide bonds. The van der Waals surface area contributed by atoms with Gasteiger partial charge in [0.15, 0.2) is 23.6 Å². The Morgan fingerprint density at radius 2 is 1.94 bits per heavy atom. The van der Waals surface area contributed by atoms with Gasteiger partial charge in [0.1, 0.15) is 5.83 Å². The van der Waals surface area contributed by atoms with Gasteiger partial charge in [-0.05, 0) is 49.2 Å². The van der Waals surface area contributed by atoms with Crippen molar-refractivity contribution in [1.82, 2.24) is 15.2 Å². The highest BCUT2D eigenvalue weighted by Crippen LogP contribution is 2.30. The topological polar surface area (TPSA) is 90.3 Å². The summed E-state index contributed by atoms with van der Waals surface area (Å²) < 4.78 is 55.7. The smallest absolute Gasteiger partial charge is 0.200 e. The van der Waals surface area contributed by atoms with Gasteiger partial charge in [-0.1, -0.05) is 0 Å². The summed E-state index contributed by atoms with van der Waals surface area (Å²) in [7, 11) is 0. The molecule has 32 heavy (non-hydrogen) atoms. The number of nitrogens with two attached hydrogens (primary N) is 1. The van der Waals surface area contributed by atoms with Crippen molar-refractivity contribution >= 4 is 33.2 Å². The number of aryl methyl sites for hydroxylation is 2. The number of rotatable bonds is 6. The molecule has 0 aliphatic carbocycles. The van der Waals surface area contributed by atoms with Crippen LogP contribution in [0, 0.1) is 42.8 Å². The molecule has 0 spiro atoms. The second kappa shape index (κ2) is 9.65. The van der Waals surface area contributed by atoms with Crippen LogP contribution in [0.5, 0.6) is 0 Å². The minimum absolute atomic E-state index is 0.00194. The van der Waals surface area contributed by atoms with Crippen molar-refractivity contribution in [2.75, 3.05) is 6.54 Å². The molecule has 0 unspecified atom stereocenters. The van der Waals surface area contributed by atoms with Crippen LogP contribution < -0.4 is 11.1 Å². The predicted octanol–water partition coefficient (Wildman–Crippen LogP) is 4.66. The van der Waals surface area contributed by atoms with Crippen molar-refractivity contribution in [3.8, 4) is 6.19 Å². The van der Waals surface area contributed by atoms with Gasteiger partial charge >= 0.3 is 0 Å². The van der Waals surface area contributed by atoms with Crippen LogP contribution in [-0.4, -0.2) is 22.4 Å². The first-order valence-corrected chi connectivity index (χ1v) is 10.1. The molecule has 1 heterocycles. The standard InChI is InChI=1S/C21H18F4N6S/c1-11-3-18-19(32-12(2)29-18)6-17(11)30-21(27)31(9-14(22)7-28-10-26)8-13-4-15(23)20(25)16(24)5-13/h3-6,9,28H,7-8H2,1-2H3,(H2,27,30)/b14-9+. The molecule has 3 N–H and O–H groups in total. The van der Waals surface area contributed by atoms with E-state index in [9.17, 15) is 17.6 Å². The number of fused-ring (bicyclic) bond motifs is 1. The zero-order valence-electron chi connectivity index (χ0n) is 17.1. The molecule has 0 aliphatic heterocycles. The molecular formula is C21H18F4N6S. The second-order valence-electron chi connectivity index (χ2n) is 6.85. The summed E-state index contributed by atoms with van der Waals surface area (Å²) in [5.74, 6) is -5.32. The van der Waals surface area contributed by atoms with E-state index in [2.05, 4.69) is 15.3 Å². The van der Waals surface area contributed by atoms with Crippen molar-refractivity contribution in [3.05, 3.63) is 69.9 Å². The molecule has 0 saturated carbocycles. The van der Waals surface area contributed by atoms with Crippen LogP contribution in [0.3, 0.4) is 0 Å². The van der Waals surface area contributed by atoms with Crippen LogP contribution >= 0.6 is 11.3 Å². The Hall–Kier alpha value is -3.65. The number of nitriles is 1. The summed E-state index contributed by atoms with van der Waals surface area (Å²) >= 11 is 1.47. The van der Waals surface area contributed by atoms with E-state index in [0.717, 1.165) is 44.0 Å². The molecule has 11 heteroatoms. The summed E-state index contributed by atoms with van der Waals surface area (Å²) in [5.41, 5.74) is 8.18. The first-order valence-electron chi connectivity index (χ1n) is 9.28. The molecule has 3 rings (SSSR count). The highest BCUT2D eigenvalue weighted by Gasteiger charge is 2.15. The Labute approximate surface area is 185 Å². The van der Waals surface area contributed by atoms with Crippen LogP contribution in [0.25, 0.3) is 10.2 Å². The Bertz CT molecular complexity index is 1240. The van der Waals surface area contributed by atoms with Gasteiger partial charge in [-0.25, -0.2) is 27.5 Å². The van der Waals surface area contributed by atoms with Gasteiger partial charge in [-0.3, -0.25) is 0 Å². The van der Waals surface area contributed by atoms with Gasteiger partial charge in [-0.2, -0.15) is 5.26 Å². The lowest BCUT2D eigenvalue weighted by Crippen LogP contribution is -2.33. The second-order valence-corrected chi connectivity index (χ2v) is 8.09. The number of thiazole rings is 1. The largest absolute Gasteiger partial charge is 0.369 e. The minimum Gasteiger partial charge on any atom is -0.369 e. The summed E-state index contributed by atoms with van der Waals surface area (Å²) in [5, 5.41) is 11.6. The van der Waals surface area contributed by atoms with Gasteiger partial charge < -0.3 is 16.0 Å². The van der Waals surface area contributed by atoms with E-state index in [1.807, 2.05) is 19.9 Å². The van der Waals surface area contributed by atoms with E-state index < -0.39 is 29.8 Å². The lowest BCUT2D eigenvalue weighted by atomic mass is 10.2. The summed E-state index contributed by atoms with van der Waals surface area (Å²) in [6.45, 7) is 2.97. The molecule has 0 fully saturated rings. The van der Waals surface area contributed by atoms with E-state index in [-0.39, 0.29) is 18.1 Å². The maximum atomic E-state index is 14.2. The van der Waals surface area contributed by atoms with E-state index in [1.54, 1.807) is 12.3 Å². The lowest BCUT2D eigenvalue weighted by Gasteiger charge is -2.20. The first-order chi connectivity index (χ1) is 15.2. The van der Waals surface area contributed by atoms with Gasteiger partial charge in [-0.15, -0.1) is 11.3 Å². The van der Waals surface area contributed by atoms with Crippen molar-refractivity contribution in [2.24, 2.45) is 10.7 Å². The number of guanidine groups is 1. The van der Waals surface area contributed by atoms with Crippen molar-refractivity contribution in [2.45, 2.75) is 20.4 Å². The van der Waals surface area contributed by atoms with Crippen molar-refractivity contribution in [1.29, 1.82) is 5.26 Å². The summed E-state index contributed by atoms with van der Waals surface area (Å²) in [6.07, 6.45) is 2.53. The van der Waals surface area contributed by atoms with E-state index in [4.69, 9.17) is 11.0 Å². The van der Waals surface area contributed by atoms with Gasteiger partial charge in [0, 0.05) is 6.20 Å². The maximum absolute atomic E-state index is 14.2. The maximum Gasteiger partial charge on any atom is 0.200 e. The van der Waals surface area contributed by atoms with Crippen LogP contribution in [0.1, 0.15) is 16.1 Å². The van der Waals surface area contributed by atoms with Crippen LogP contribution in [-0.2, 0) is 6.54 Å². The molecule has 0 saturated heterocycles. The zero-order chi connectivity index (χ0) is 23.4. The fourth-order valence-electron chi connectivity index (χ4n) is 2.92. The van der Waals surface area contributed by atoms with Gasteiger partial charge in [0.05, 0.1) is 34.0 Å². The molecular weight excluding hydrogens is 444 g/mol. The van der Waals surface area contributed by atoms with Crippen LogP contribution in [0.2, 0.25) is 0 Å². The average molecular weight is 462 g/mol. The SMILES string of the molecule is Cc1nc2cc(C)c(N=C(N)N(/C=C(/F)CNC#N)Cc3cc(F)c(F)c(F)c3)cc2s1. The number of benzene rings is 2. The number of hydrogen-bond donors (Lipinski definition) is 2. The Morgan fingerprint density at radius 1 is 1.25 bits per heavy atom. The van der Waals surface area contributed by atoms with E-state index >= 15 is 0 Å². The average Bonchev–Trinajstić information content (AvgIpc) is 3.08. The summed E-state index contributed by atoms with van der Waals surface area (Å²) in [4.78, 5) is 9.88. The molecule has 166 valence electrons. The first kappa shape index (κ1) is 23.0. The van der Waals surface area contributed by atoms with E-state index in [1.165, 1.54) is 11.3 Å². The zero-order valence-corrected chi connectivity index (χ0v) is 17.9. The number of nitrogens with one attached hydrogen (secondary N) is 1. The molecule has 6 nitrogen and oxygen atoms in total. The normalized spacial score (nSPS) is 12.2. The fourth-order valence-corrected chi connectivity index (χ4v) is 3.76. The minimum atomic E-state index is -1.61. The number of aromatic nitrogens is 1. The van der Waals surface area contributed by atoms with Crippen molar-refractivity contribution in [3.63, 3.8) is 0 Å². The number of nitrogens with zero attached hydrogens (tertiary/aromatic N) is 4. The Kier molecular flexibility index (Phi) is 6.95. The van der Waals surface area contributed by atoms with E-state index in [0.29, 0.717) is 5.69 Å².